The molecule has 0 aromatic heterocycles. The van der Waals surface area contributed by atoms with E-state index in [1.807, 2.05) is 24.3 Å². The maximum absolute atomic E-state index is 12.7. The van der Waals surface area contributed by atoms with Crippen molar-refractivity contribution in [3.8, 4) is 0 Å². The predicted molar refractivity (Wildman–Crippen MR) is 93.9 cm³/mol. The molecule has 0 saturated heterocycles. The van der Waals surface area contributed by atoms with Crippen LogP contribution in [-0.2, 0) is 23.9 Å². The smallest absolute Gasteiger partial charge is 0.347 e. The molecule has 1 amide bonds. The van der Waals surface area contributed by atoms with Crippen LogP contribution in [0.25, 0.3) is 0 Å². The van der Waals surface area contributed by atoms with Crippen molar-refractivity contribution in [1.82, 2.24) is 5.32 Å². The number of carbonyl (C=O) groups excluding carboxylic acids is 1. The van der Waals surface area contributed by atoms with Gasteiger partial charge in [-0.3, -0.25) is 9.80 Å². The Kier molecular flexibility index (Phi) is 4.97. The molecular weight excluding hydrogens is 343 g/mol. The molecule has 1 aliphatic rings. The van der Waals surface area contributed by atoms with Crippen LogP contribution >= 0.6 is 0 Å². The number of anilines is 1. The van der Waals surface area contributed by atoms with Crippen LogP contribution in [0.4, 0.5) is 18.9 Å². The molecule has 1 N–H and O–H groups in total. The minimum Gasteiger partial charge on any atom is -0.347 e. The minimum atomic E-state index is -4.40. The van der Waals surface area contributed by atoms with Gasteiger partial charge in [0, 0.05) is 13.1 Å². The van der Waals surface area contributed by atoms with Crippen molar-refractivity contribution >= 4 is 17.3 Å². The Hall–Kier alpha value is -2.83. The lowest BCUT2D eigenvalue weighted by atomic mass is 10.1. The standard InChI is InChI=1S/C19H18F3N3O/c1-13(24-25-10-9-15-6-2-3-8-17(15)25)18(26)23-12-14-5-4-7-16(11-14)19(20,21)22/h2-8,11H,9-10,12H2,1H3,(H,23,26)/b24-13+. The number of nitrogens with zero attached hydrogens (tertiary/aromatic N) is 2. The Bertz CT molecular complexity index is 846. The molecule has 1 heterocycles. The zero-order chi connectivity index (χ0) is 18.7. The third kappa shape index (κ3) is 4.04. The molecular formula is C19H18F3N3O. The van der Waals surface area contributed by atoms with Gasteiger partial charge in [-0.2, -0.15) is 18.3 Å². The fourth-order valence-electron chi connectivity index (χ4n) is 2.82. The zero-order valence-corrected chi connectivity index (χ0v) is 14.2. The molecule has 0 atom stereocenters. The Morgan fingerprint density at radius 2 is 1.96 bits per heavy atom. The van der Waals surface area contributed by atoms with E-state index in [1.165, 1.54) is 11.6 Å². The van der Waals surface area contributed by atoms with Gasteiger partial charge in [-0.05, 0) is 42.7 Å². The molecule has 3 rings (SSSR count). The summed E-state index contributed by atoms with van der Waals surface area (Å²) in [6, 6.07) is 12.7. The number of nitrogens with one attached hydrogen (secondary N) is 1. The first-order valence-corrected chi connectivity index (χ1v) is 8.19. The third-order valence-electron chi connectivity index (χ3n) is 4.17. The number of halogens is 3. The van der Waals surface area contributed by atoms with E-state index < -0.39 is 17.6 Å². The average Bonchev–Trinajstić information content (AvgIpc) is 3.02. The molecule has 4 nitrogen and oxygen atoms in total. The largest absolute Gasteiger partial charge is 0.416 e. The lowest BCUT2D eigenvalue weighted by molar-refractivity contribution is -0.137. The summed E-state index contributed by atoms with van der Waals surface area (Å²) < 4.78 is 38.2. The highest BCUT2D eigenvalue weighted by atomic mass is 19.4. The summed E-state index contributed by atoms with van der Waals surface area (Å²) in [6.07, 6.45) is -3.54. The molecule has 2 aromatic rings. The van der Waals surface area contributed by atoms with Crippen LogP contribution in [0, 0.1) is 0 Å². The van der Waals surface area contributed by atoms with Crippen LogP contribution < -0.4 is 10.3 Å². The maximum Gasteiger partial charge on any atom is 0.416 e. The number of rotatable bonds is 4. The average molecular weight is 361 g/mol. The van der Waals surface area contributed by atoms with Crippen molar-refractivity contribution < 1.29 is 18.0 Å². The van der Waals surface area contributed by atoms with Crippen molar-refractivity contribution in [2.75, 3.05) is 11.6 Å². The number of amides is 1. The van der Waals surface area contributed by atoms with E-state index in [0.717, 1.165) is 24.2 Å². The van der Waals surface area contributed by atoms with E-state index in [9.17, 15) is 18.0 Å². The Balaban J connectivity index is 1.64. The summed E-state index contributed by atoms with van der Waals surface area (Å²) in [5, 5.41) is 8.73. The van der Waals surface area contributed by atoms with Gasteiger partial charge < -0.3 is 5.32 Å². The van der Waals surface area contributed by atoms with E-state index in [-0.39, 0.29) is 12.3 Å². The van der Waals surface area contributed by atoms with Crippen LogP contribution in [0.5, 0.6) is 0 Å². The number of para-hydroxylation sites is 1. The molecule has 2 aromatic carbocycles. The van der Waals surface area contributed by atoms with Crippen LogP contribution in [0.15, 0.2) is 53.6 Å². The quantitative estimate of drug-likeness (QED) is 0.843. The lowest BCUT2D eigenvalue weighted by Gasteiger charge is -2.14. The first-order valence-electron chi connectivity index (χ1n) is 8.19. The van der Waals surface area contributed by atoms with Crippen molar-refractivity contribution in [3.63, 3.8) is 0 Å². The topological polar surface area (TPSA) is 44.7 Å². The van der Waals surface area contributed by atoms with E-state index >= 15 is 0 Å². The first kappa shape index (κ1) is 18.0. The zero-order valence-electron chi connectivity index (χ0n) is 14.2. The van der Waals surface area contributed by atoms with E-state index in [1.54, 1.807) is 18.0 Å². The molecule has 136 valence electrons. The molecule has 0 bridgehead atoms. The summed E-state index contributed by atoms with van der Waals surface area (Å²) in [6.45, 7) is 2.28. The van der Waals surface area contributed by atoms with E-state index in [0.29, 0.717) is 12.1 Å². The molecule has 0 unspecified atom stereocenters. The second kappa shape index (κ2) is 7.19. The summed E-state index contributed by atoms with van der Waals surface area (Å²) in [5.74, 6) is -0.410. The van der Waals surface area contributed by atoms with Crippen molar-refractivity contribution in [2.45, 2.75) is 26.1 Å². The predicted octanol–water partition coefficient (Wildman–Crippen LogP) is 3.76. The normalized spacial score (nSPS) is 14.3. The summed E-state index contributed by atoms with van der Waals surface area (Å²) >= 11 is 0. The second-order valence-electron chi connectivity index (χ2n) is 6.07. The highest BCUT2D eigenvalue weighted by molar-refractivity contribution is 6.38. The number of alkyl halides is 3. The van der Waals surface area contributed by atoms with Gasteiger partial charge in [0.2, 0.25) is 0 Å². The van der Waals surface area contributed by atoms with Gasteiger partial charge in [0.05, 0.1) is 11.3 Å². The second-order valence-corrected chi connectivity index (χ2v) is 6.07. The van der Waals surface area contributed by atoms with Crippen molar-refractivity contribution in [3.05, 3.63) is 65.2 Å². The van der Waals surface area contributed by atoms with Gasteiger partial charge in [0.15, 0.2) is 0 Å². The van der Waals surface area contributed by atoms with Gasteiger partial charge in [-0.15, -0.1) is 0 Å². The van der Waals surface area contributed by atoms with E-state index in [2.05, 4.69) is 10.4 Å². The van der Waals surface area contributed by atoms with E-state index in [4.69, 9.17) is 0 Å². The lowest BCUT2D eigenvalue weighted by Crippen LogP contribution is -2.31. The number of benzene rings is 2. The number of hydrogen-bond donors (Lipinski definition) is 1. The SMILES string of the molecule is C/C(=N\N1CCc2ccccc21)C(=O)NCc1cccc(C(F)(F)F)c1. The maximum atomic E-state index is 12.7. The molecule has 0 fully saturated rings. The third-order valence-corrected chi connectivity index (χ3v) is 4.17. The Labute approximate surface area is 149 Å². The van der Waals surface area contributed by atoms with Gasteiger partial charge in [0.25, 0.3) is 5.91 Å². The number of hydrogen-bond acceptors (Lipinski definition) is 3. The molecule has 0 spiro atoms. The molecule has 0 radical (unpaired) electrons. The number of fused-ring (bicyclic) bond motifs is 1. The van der Waals surface area contributed by atoms with Crippen molar-refractivity contribution in [2.24, 2.45) is 5.10 Å². The summed E-state index contributed by atoms with van der Waals surface area (Å²) in [4.78, 5) is 12.2. The van der Waals surface area contributed by atoms with Gasteiger partial charge >= 0.3 is 6.18 Å². The van der Waals surface area contributed by atoms with Crippen LogP contribution in [0.3, 0.4) is 0 Å². The van der Waals surface area contributed by atoms with Gasteiger partial charge in [-0.25, -0.2) is 0 Å². The molecule has 0 aliphatic carbocycles. The van der Waals surface area contributed by atoms with Crippen LogP contribution in [0.2, 0.25) is 0 Å². The molecule has 1 aliphatic heterocycles. The van der Waals surface area contributed by atoms with Crippen molar-refractivity contribution in [1.29, 1.82) is 0 Å². The minimum absolute atomic E-state index is 0.00615. The fourth-order valence-corrected chi connectivity index (χ4v) is 2.82. The number of hydrazone groups is 1. The highest BCUT2D eigenvalue weighted by Crippen LogP contribution is 2.29. The van der Waals surface area contributed by atoms with Gasteiger partial charge in [-0.1, -0.05) is 30.3 Å². The molecule has 26 heavy (non-hydrogen) atoms. The Morgan fingerprint density at radius 3 is 2.73 bits per heavy atom. The molecule has 7 heteroatoms. The van der Waals surface area contributed by atoms with Crippen LogP contribution in [-0.4, -0.2) is 18.2 Å². The summed E-state index contributed by atoms with van der Waals surface area (Å²) in [5.41, 5.74) is 2.05. The summed E-state index contributed by atoms with van der Waals surface area (Å²) in [7, 11) is 0. The van der Waals surface area contributed by atoms with Crippen LogP contribution in [0.1, 0.15) is 23.6 Å². The van der Waals surface area contributed by atoms with Gasteiger partial charge in [0.1, 0.15) is 5.71 Å². The molecule has 0 saturated carbocycles. The first-order chi connectivity index (χ1) is 12.3. The number of carbonyl (C=O) groups is 1. The highest BCUT2D eigenvalue weighted by Gasteiger charge is 2.30. The fraction of sp³-hybridized carbons (Fsp3) is 0.263. The Morgan fingerprint density at radius 1 is 1.19 bits per heavy atom. The monoisotopic (exact) mass is 361 g/mol.